The molecule has 80 heavy (non-hydrogen) atoms. The SMILES string of the molecule is [2H]c1c([2H])c2c3c(c1[2H])-n1c4c([2H])c([2H])c(C(C)(C)C)c([2H])c4c4c([2H])c(C(C)(C)C)c([2H])c(c41)N3c1c([2H])c(C(C)(C)C)c([2H])c3c1B2c1c([2H])c([2H])c(N(c2c([2H])c([2H])c(C(C)(C)C)c([2H])c2[2H])c2c([2H])c([2H])c(C(C)(C)C)c([2H])c2[2H])c([2H])c1N3c1c([2H])c([2H])c([2H])c2c1sc1c([2H])c([2H])c([2H])c([2H])c12. The molecule has 6 heteroatoms. The average Bonchev–Trinajstić information content (AvgIpc) is 1.19. The summed E-state index contributed by atoms with van der Waals surface area (Å²) in [6, 6.07) is -19.7. The summed E-state index contributed by atoms with van der Waals surface area (Å²) in [5, 5.41) is -0.669. The molecule has 0 saturated heterocycles. The minimum Gasteiger partial charge on any atom is -0.310 e. The van der Waals surface area contributed by atoms with Crippen LogP contribution in [0.4, 0.5) is 51.2 Å². The second-order valence-corrected chi connectivity index (χ2v) is 27.1. The molecule has 9 aromatic carbocycles. The Morgan fingerprint density at radius 1 is 0.388 bits per heavy atom. The Balaban J connectivity index is 1.31. The second-order valence-electron chi connectivity index (χ2n) is 26.1. The van der Waals surface area contributed by atoms with Crippen molar-refractivity contribution in [3.63, 3.8) is 0 Å². The van der Waals surface area contributed by atoms with E-state index >= 15 is 0 Å². The van der Waals surface area contributed by atoms with Crippen molar-refractivity contribution in [3.8, 4) is 5.69 Å². The van der Waals surface area contributed by atoms with E-state index in [1.165, 1.54) is 9.47 Å². The van der Waals surface area contributed by atoms with Crippen LogP contribution in [0, 0.1) is 0 Å². The molecule has 0 aliphatic carbocycles. The van der Waals surface area contributed by atoms with E-state index in [0.29, 0.717) is 16.2 Å². The van der Waals surface area contributed by atoms with Gasteiger partial charge in [-0.15, -0.1) is 11.3 Å². The van der Waals surface area contributed by atoms with Gasteiger partial charge in [-0.05, 0) is 162 Å². The molecule has 4 nitrogen and oxygen atoms in total. The Bertz CT molecular complexity index is 5960. The molecule has 0 atom stereocenters. The number of aromatic nitrogens is 1. The van der Waals surface area contributed by atoms with Gasteiger partial charge in [0.1, 0.15) is 0 Å². The van der Waals surface area contributed by atoms with Gasteiger partial charge in [0, 0.05) is 60.4 Å². The first-order valence-corrected chi connectivity index (χ1v) is 27.5. The Hall–Kier alpha value is -7.54. The Kier molecular flexibility index (Phi) is 6.11. The summed E-state index contributed by atoms with van der Waals surface area (Å²) in [4.78, 5) is 3.19. The van der Waals surface area contributed by atoms with Crippen LogP contribution in [-0.2, 0) is 27.1 Å². The van der Waals surface area contributed by atoms with E-state index in [0.717, 1.165) is 4.90 Å². The minimum atomic E-state index is -1.97. The van der Waals surface area contributed by atoms with E-state index < -0.39 is 224 Å². The molecule has 0 saturated carbocycles. The molecule has 0 amide bonds. The highest BCUT2D eigenvalue weighted by molar-refractivity contribution is 7.26. The summed E-state index contributed by atoms with van der Waals surface area (Å²) in [7, 11) is 0. The van der Waals surface area contributed by atoms with Crippen LogP contribution in [0.25, 0.3) is 47.7 Å². The van der Waals surface area contributed by atoms with Crippen LogP contribution in [0.15, 0.2) is 169 Å². The van der Waals surface area contributed by atoms with Crippen molar-refractivity contribution in [3.05, 3.63) is 197 Å². The molecule has 5 heterocycles. The predicted molar refractivity (Wildman–Crippen MR) is 349 cm³/mol. The fourth-order valence-electron chi connectivity index (χ4n) is 10.8. The van der Waals surface area contributed by atoms with Crippen LogP contribution >= 0.6 is 11.3 Å². The van der Waals surface area contributed by atoms with Crippen molar-refractivity contribution in [1.82, 2.24) is 4.57 Å². The van der Waals surface area contributed by atoms with E-state index in [1.807, 2.05) is 0 Å². The van der Waals surface area contributed by atoms with Crippen LogP contribution in [0.3, 0.4) is 0 Å². The fraction of sp³-hybridized carbons (Fsp3) is 0.270. The zero-order valence-electron chi connectivity index (χ0n) is 75.3. The first kappa shape index (κ1) is 28.7. The van der Waals surface area contributed by atoms with Gasteiger partial charge in [-0.1, -0.05) is 182 Å². The molecule has 2 aromatic heterocycles. The third kappa shape index (κ3) is 7.60. The molecule has 0 spiro atoms. The van der Waals surface area contributed by atoms with Gasteiger partial charge >= 0.3 is 0 Å². The van der Waals surface area contributed by atoms with Gasteiger partial charge in [-0.3, -0.25) is 0 Å². The third-order valence-corrected chi connectivity index (χ3v) is 16.2. The normalized spacial score (nSPS) is 19.0. The first-order valence-electron chi connectivity index (χ1n) is 40.7. The van der Waals surface area contributed by atoms with E-state index in [2.05, 4.69) is 0 Å². The predicted octanol–water partition coefficient (Wildman–Crippen LogP) is 19.5. The number of hydrogen-bond acceptors (Lipinski definition) is 4. The molecule has 14 rings (SSSR count). The third-order valence-electron chi connectivity index (χ3n) is 15.1. The van der Waals surface area contributed by atoms with Gasteiger partial charge < -0.3 is 19.3 Å². The number of nitrogens with zero attached hydrogens (tertiary/aromatic N) is 4. The Labute approximate surface area is 517 Å². The van der Waals surface area contributed by atoms with Crippen molar-refractivity contribution < 1.29 is 38.4 Å². The molecule has 11 aromatic rings. The van der Waals surface area contributed by atoms with Crippen molar-refractivity contribution in [2.45, 2.75) is 131 Å². The number of fused-ring (bicyclic) bond motifs is 12. The quantitative estimate of drug-likeness (QED) is 0.163. The smallest absolute Gasteiger partial charge is 0.252 e. The van der Waals surface area contributed by atoms with Crippen LogP contribution < -0.4 is 31.1 Å². The number of rotatable bonds is 4. The topological polar surface area (TPSA) is 14.7 Å². The molecule has 0 bridgehead atoms. The summed E-state index contributed by atoms with van der Waals surface area (Å²) >= 11 is 0.640. The monoisotopic (exact) mass is 1090 g/mol. The van der Waals surface area contributed by atoms with Crippen LogP contribution in [0.2, 0.25) is 0 Å². The van der Waals surface area contributed by atoms with Crippen LogP contribution in [0.5, 0.6) is 0 Å². The van der Waals surface area contributed by atoms with E-state index in [-0.39, 0.29) is 122 Å². The van der Waals surface area contributed by atoms with Gasteiger partial charge in [0.2, 0.25) is 0 Å². The van der Waals surface area contributed by atoms with Gasteiger partial charge in [0.25, 0.3) is 6.71 Å². The molecule has 0 N–H and O–H groups in total. The molecule has 3 aliphatic heterocycles. The maximum atomic E-state index is 11.4. The van der Waals surface area contributed by atoms with E-state index in [1.54, 1.807) is 104 Å². The lowest BCUT2D eigenvalue weighted by Gasteiger charge is -2.47. The standard InChI is InChI=1S/C74H73BN4S/c1-70(2,3)44-26-31-49(32-27-44)76(50-33-28-45(29-34-50)71(4,5)6)51-35-36-56-61(43-51)77(60-24-18-21-53-52-20-16-17-25-65(52)80-69(53)60)62-40-48(74(13,14)15)41-63-66(62)75(56)57-22-19-23-59-68(57)79(63)64-42-47(73(10,11)12)39-55-54-38-46(72(7,8)9)30-37-58(54)78(59)67(55)64/h16-43H,1-15H3/i16D,17D,18D,19D,20D,21D,22D,23D,24D,25D,26D,27D,28D,29D,30D,31D,32D,33D,34D,35D,36D,37D,38D,39D,40D,41D,42D,43D. The summed E-state index contributed by atoms with van der Waals surface area (Å²) in [6.45, 7) is 23.4. The zero-order chi connectivity index (χ0) is 80.3. The Morgan fingerprint density at radius 3 is 1.55 bits per heavy atom. The molecular formula is C74H73BN4S. The highest BCUT2D eigenvalue weighted by Gasteiger charge is 2.47. The van der Waals surface area contributed by atoms with Gasteiger partial charge in [0.15, 0.2) is 0 Å². The summed E-state index contributed by atoms with van der Waals surface area (Å²) < 4.78 is 283. The van der Waals surface area contributed by atoms with Crippen molar-refractivity contribution in [2.75, 3.05) is 14.7 Å². The van der Waals surface area contributed by atoms with Gasteiger partial charge in [-0.25, -0.2) is 0 Å². The summed E-state index contributed by atoms with van der Waals surface area (Å²) in [5.41, 5.74) is -12.8. The molecule has 3 aliphatic rings. The highest BCUT2D eigenvalue weighted by Crippen LogP contribution is 2.56. The van der Waals surface area contributed by atoms with Crippen molar-refractivity contribution in [1.29, 1.82) is 0 Å². The average molecular weight is 1090 g/mol. The first-order chi connectivity index (χ1) is 49.6. The molecule has 0 radical (unpaired) electrons. The summed E-state index contributed by atoms with van der Waals surface area (Å²) in [6.07, 6.45) is 0. The number of thiophene rings is 1. The van der Waals surface area contributed by atoms with Gasteiger partial charge in [-0.2, -0.15) is 0 Å². The van der Waals surface area contributed by atoms with E-state index in [9.17, 15) is 35.6 Å². The molecule has 398 valence electrons. The lowest BCUT2D eigenvalue weighted by Crippen LogP contribution is -2.62. The Morgan fingerprint density at radius 2 is 0.912 bits per heavy atom. The number of anilines is 9. The maximum Gasteiger partial charge on any atom is 0.252 e. The van der Waals surface area contributed by atoms with Crippen LogP contribution in [0.1, 0.15) is 170 Å². The summed E-state index contributed by atoms with van der Waals surface area (Å²) in [5.74, 6) is 0. The lowest BCUT2D eigenvalue weighted by molar-refractivity contribution is 0.590. The number of benzene rings is 9. The number of hydrogen-bond donors (Lipinski definition) is 0. The molecular weight excluding hydrogens is 988 g/mol. The van der Waals surface area contributed by atoms with Crippen molar-refractivity contribution >= 4 is 128 Å². The minimum absolute atomic E-state index is 0.0212. The zero-order valence-corrected chi connectivity index (χ0v) is 48.1. The number of para-hydroxylation sites is 1. The second kappa shape index (κ2) is 17.0. The van der Waals surface area contributed by atoms with E-state index in [4.69, 9.17) is 2.74 Å². The molecule has 0 fully saturated rings. The van der Waals surface area contributed by atoms with Crippen LogP contribution in [-0.4, -0.2) is 11.3 Å². The molecule has 0 unspecified atom stereocenters. The highest BCUT2D eigenvalue weighted by atomic mass is 32.1. The maximum absolute atomic E-state index is 11.4. The van der Waals surface area contributed by atoms with Gasteiger partial charge in [0.05, 0.1) is 76.9 Å². The largest absolute Gasteiger partial charge is 0.310 e. The lowest BCUT2D eigenvalue weighted by atomic mass is 9.33. The van der Waals surface area contributed by atoms with Crippen molar-refractivity contribution in [2.24, 2.45) is 0 Å². The fourth-order valence-corrected chi connectivity index (χ4v) is 11.9.